The van der Waals surface area contributed by atoms with Crippen LogP contribution in [-0.4, -0.2) is 67.7 Å². The molecule has 1 aliphatic carbocycles. The van der Waals surface area contributed by atoms with Crippen LogP contribution in [0.2, 0.25) is 41.5 Å². The zero-order valence-corrected chi connectivity index (χ0v) is 30.7. The highest BCUT2D eigenvalue weighted by molar-refractivity contribution is 6.74. The van der Waals surface area contributed by atoms with Crippen molar-refractivity contribution in [3.63, 3.8) is 0 Å². The van der Waals surface area contributed by atoms with Gasteiger partial charge >= 0.3 is 0 Å². The third-order valence-corrected chi connectivity index (χ3v) is 19.8. The second-order valence-corrected chi connectivity index (χ2v) is 25.5. The van der Waals surface area contributed by atoms with Crippen LogP contribution in [0.1, 0.15) is 47.1 Å². The molecule has 1 aliphatic heterocycles. The number of fused-ring (bicyclic) bond motifs is 2. The zero-order chi connectivity index (χ0) is 32.3. The molecule has 0 bridgehead atoms. The molecule has 0 spiro atoms. The highest BCUT2D eigenvalue weighted by Gasteiger charge is 2.77. The Labute approximate surface area is 269 Å². The van der Waals surface area contributed by atoms with Gasteiger partial charge in [-0.15, -0.1) is 0 Å². The lowest BCUT2D eigenvalue weighted by atomic mass is 9.93. The summed E-state index contributed by atoms with van der Waals surface area (Å²) in [5.74, 6) is 0.387. The van der Waals surface area contributed by atoms with Gasteiger partial charge in [0, 0.05) is 12.5 Å². The van der Waals surface area contributed by atoms with Crippen molar-refractivity contribution in [2.75, 3.05) is 18.9 Å². The van der Waals surface area contributed by atoms with Gasteiger partial charge in [0.15, 0.2) is 28.1 Å². The number of hydrogen-bond acceptors (Lipinski definition) is 8. The summed E-state index contributed by atoms with van der Waals surface area (Å²) in [7, 11) is -4.22. The standard InChI is InChI=1S/C32H50ClN5O4Si2/c1-30(2,3)43(7,8)40-18-23-26(42-44(9,10)31(4,5)6)32(19-39-17-21-14-12-11-13-15-21)22(25(32)41-23)16-38-20-35-24-27(34)36-29(33)37-28(24)38/h11-15,20,22-23,25-26H,16-19H2,1-10H3,(H2,34,36,37)/t22-,23-,25?,26?,32?/m1/s1. The van der Waals surface area contributed by atoms with Crippen molar-refractivity contribution in [2.24, 2.45) is 11.3 Å². The van der Waals surface area contributed by atoms with Crippen LogP contribution in [0.4, 0.5) is 5.82 Å². The number of aromatic nitrogens is 4. The molecule has 12 heteroatoms. The van der Waals surface area contributed by atoms with Crippen molar-refractivity contribution < 1.29 is 18.3 Å². The largest absolute Gasteiger partial charge is 0.414 e. The van der Waals surface area contributed by atoms with Gasteiger partial charge < -0.3 is 28.6 Å². The fourth-order valence-electron chi connectivity index (χ4n) is 5.76. The van der Waals surface area contributed by atoms with Crippen LogP contribution in [0.25, 0.3) is 11.2 Å². The average molecular weight is 660 g/mol. The predicted octanol–water partition coefficient (Wildman–Crippen LogP) is 7.07. The Bertz CT molecular complexity index is 1470. The van der Waals surface area contributed by atoms with Crippen LogP contribution >= 0.6 is 11.6 Å². The van der Waals surface area contributed by atoms with E-state index in [1.807, 2.05) is 22.8 Å². The third kappa shape index (κ3) is 6.25. The molecule has 5 rings (SSSR count). The van der Waals surface area contributed by atoms with Crippen LogP contribution < -0.4 is 5.73 Å². The van der Waals surface area contributed by atoms with Gasteiger partial charge in [0.05, 0.1) is 43.8 Å². The lowest BCUT2D eigenvalue weighted by Gasteiger charge is -2.43. The molecule has 44 heavy (non-hydrogen) atoms. The van der Waals surface area contributed by atoms with Crippen molar-refractivity contribution in [3.05, 3.63) is 47.5 Å². The molecule has 1 saturated carbocycles. The van der Waals surface area contributed by atoms with E-state index in [2.05, 4.69) is 94.8 Å². The van der Waals surface area contributed by atoms with E-state index in [9.17, 15) is 0 Å². The topological polar surface area (TPSA) is 107 Å². The van der Waals surface area contributed by atoms with E-state index >= 15 is 0 Å². The summed E-state index contributed by atoms with van der Waals surface area (Å²) < 4.78 is 29.6. The molecule has 2 aliphatic rings. The van der Waals surface area contributed by atoms with Crippen molar-refractivity contribution in [2.45, 2.75) is 109 Å². The van der Waals surface area contributed by atoms with Gasteiger partial charge in [0.1, 0.15) is 11.6 Å². The van der Waals surface area contributed by atoms with E-state index in [1.165, 1.54) is 0 Å². The van der Waals surface area contributed by atoms with Gasteiger partial charge in [-0.1, -0.05) is 71.9 Å². The van der Waals surface area contributed by atoms with E-state index in [4.69, 9.17) is 35.7 Å². The molecule has 2 fully saturated rings. The maximum Gasteiger partial charge on any atom is 0.226 e. The maximum absolute atomic E-state index is 7.34. The molecule has 1 aromatic carbocycles. The first kappa shape index (κ1) is 33.5. The summed E-state index contributed by atoms with van der Waals surface area (Å²) in [5, 5.41) is 0.224. The molecule has 0 amide bonds. The highest BCUT2D eigenvalue weighted by Crippen LogP contribution is 2.66. The quantitative estimate of drug-likeness (QED) is 0.172. The van der Waals surface area contributed by atoms with Crippen molar-refractivity contribution in [1.29, 1.82) is 0 Å². The fourth-order valence-corrected chi connectivity index (χ4v) is 8.30. The monoisotopic (exact) mass is 659 g/mol. The van der Waals surface area contributed by atoms with E-state index in [-0.39, 0.29) is 50.8 Å². The molecule has 242 valence electrons. The van der Waals surface area contributed by atoms with Gasteiger partial charge in [-0.05, 0) is 53.4 Å². The number of nitrogen functional groups attached to an aromatic ring is 1. The number of hydrogen-bond donors (Lipinski definition) is 1. The normalized spacial score (nSPS) is 25.9. The first-order chi connectivity index (χ1) is 20.4. The Hall–Kier alpha value is -1.87. The zero-order valence-electron chi connectivity index (χ0n) is 28.0. The average Bonchev–Trinajstić information content (AvgIpc) is 3.14. The van der Waals surface area contributed by atoms with Crippen molar-refractivity contribution in [1.82, 2.24) is 19.5 Å². The van der Waals surface area contributed by atoms with E-state index in [0.29, 0.717) is 37.5 Å². The smallest absolute Gasteiger partial charge is 0.226 e. The summed E-state index contributed by atoms with van der Waals surface area (Å²) in [6.07, 6.45) is 1.33. The minimum absolute atomic E-state index is 0.0259. The number of nitrogens with two attached hydrogens (primary N) is 1. The van der Waals surface area contributed by atoms with Gasteiger partial charge in [-0.2, -0.15) is 9.97 Å². The Kier molecular flexibility index (Phi) is 8.93. The minimum Gasteiger partial charge on any atom is -0.414 e. The maximum atomic E-state index is 7.34. The molecule has 2 N–H and O–H groups in total. The summed E-state index contributed by atoms with van der Waals surface area (Å²) in [6.45, 7) is 25.0. The van der Waals surface area contributed by atoms with Crippen LogP contribution in [-0.2, 0) is 31.5 Å². The van der Waals surface area contributed by atoms with Crippen molar-refractivity contribution >= 4 is 45.2 Å². The number of anilines is 1. The first-order valence-electron chi connectivity index (χ1n) is 15.6. The van der Waals surface area contributed by atoms with Gasteiger partial charge in [-0.3, -0.25) is 0 Å². The number of benzene rings is 1. The first-order valence-corrected chi connectivity index (χ1v) is 21.8. The van der Waals surface area contributed by atoms with Crippen LogP contribution in [0.15, 0.2) is 36.7 Å². The Balaban J connectivity index is 1.48. The summed E-state index contributed by atoms with van der Waals surface area (Å²) in [4.78, 5) is 13.0. The molecular weight excluding hydrogens is 610 g/mol. The molecule has 2 aromatic heterocycles. The number of ether oxygens (including phenoxy) is 2. The lowest BCUT2D eigenvalue weighted by molar-refractivity contribution is -0.0503. The van der Waals surface area contributed by atoms with E-state index < -0.39 is 16.6 Å². The summed E-state index contributed by atoms with van der Waals surface area (Å²) in [5.41, 5.74) is 8.07. The third-order valence-electron chi connectivity index (χ3n) is 10.6. The van der Waals surface area contributed by atoms with Crippen LogP contribution in [0, 0.1) is 11.3 Å². The molecule has 3 unspecified atom stereocenters. The van der Waals surface area contributed by atoms with Gasteiger partial charge in [0.2, 0.25) is 5.28 Å². The second-order valence-electron chi connectivity index (χ2n) is 15.6. The van der Waals surface area contributed by atoms with Crippen molar-refractivity contribution in [3.8, 4) is 0 Å². The molecule has 3 heterocycles. The minimum atomic E-state index is -2.21. The lowest BCUT2D eigenvalue weighted by Crippen LogP contribution is -2.52. The summed E-state index contributed by atoms with van der Waals surface area (Å²) >= 11 is 6.20. The SMILES string of the molecule is CC(C)(C)[Si](C)(C)OC[C@H]1OC2[C@@H](Cn3cnc4c(N)nc(Cl)nc43)C2(COCc2ccccc2)C1O[Si](C)(C)C(C)(C)C. The predicted molar refractivity (Wildman–Crippen MR) is 181 cm³/mol. The molecular formula is C32H50ClN5O4Si2. The van der Waals surface area contributed by atoms with E-state index in [0.717, 1.165) is 5.56 Å². The van der Waals surface area contributed by atoms with Gasteiger partial charge in [0.25, 0.3) is 0 Å². The van der Waals surface area contributed by atoms with E-state index in [1.54, 1.807) is 6.33 Å². The molecule has 1 saturated heterocycles. The Morgan fingerprint density at radius 1 is 1.00 bits per heavy atom. The Morgan fingerprint density at radius 2 is 1.66 bits per heavy atom. The van der Waals surface area contributed by atoms with Gasteiger partial charge in [-0.25, -0.2) is 4.98 Å². The number of imidazole rings is 1. The number of halogens is 1. The van der Waals surface area contributed by atoms with Crippen LogP contribution in [0.3, 0.4) is 0 Å². The Morgan fingerprint density at radius 3 is 2.30 bits per heavy atom. The fraction of sp³-hybridized carbons (Fsp3) is 0.656. The molecule has 3 aromatic rings. The number of nitrogens with zero attached hydrogens (tertiary/aromatic N) is 4. The second kappa shape index (κ2) is 11.7. The van der Waals surface area contributed by atoms with Crippen LogP contribution in [0.5, 0.6) is 0 Å². The molecule has 9 nitrogen and oxygen atoms in total. The highest BCUT2D eigenvalue weighted by atomic mass is 35.5. The molecule has 0 radical (unpaired) electrons. The summed E-state index contributed by atoms with van der Waals surface area (Å²) in [6, 6.07) is 10.3. The molecule has 5 atom stereocenters. The number of rotatable bonds is 11.